The Morgan fingerprint density at radius 3 is 2.69 bits per heavy atom. The molecule has 13 heavy (non-hydrogen) atoms. The lowest BCUT2D eigenvalue weighted by Crippen LogP contribution is -1.94. The maximum Gasteiger partial charge on any atom is 0.159 e. The monoisotopic (exact) mass is 287 g/mol. The summed E-state index contributed by atoms with van der Waals surface area (Å²) in [4.78, 5) is 11.0. The Labute approximate surface area is 89.1 Å². The van der Waals surface area contributed by atoms with Crippen molar-refractivity contribution < 1.29 is 9.90 Å². The van der Waals surface area contributed by atoms with Crippen LogP contribution in [0, 0.1) is 14.9 Å². The van der Waals surface area contributed by atoms with Crippen LogP contribution in [-0.2, 0) is 0 Å². The summed E-state index contributed by atoms with van der Waals surface area (Å²) >= 11 is 1.86. The third-order valence-corrected chi connectivity index (χ3v) is 2.71. The van der Waals surface area contributed by atoms with Gasteiger partial charge in [0.2, 0.25) is 0 Å². The molecular weight excluding hydrogens is 281 g/mol. The van der Waals surface area contributed by atoms with Crippen molar-refractivity contribution in [2.75, 3.05) is 0 Å². The van der Waals surface area contributed by atoms with Gasteiger partial charge in [0, 0.05) is 5.56 Å². The maximum absolute atomic E-state index is 11.0. The summed E-state index contributed by atoms with van der Waals surface area (Å²) in [5.41, 5.74) is 0.681. The Kier molecular flexibility index (Phi) is 2.88. The van der Waals surface area contributed by atoms with Gasteiger partial charge in [-0.2, -0.15) is 5.26 Å². The Bertz CT molecular complexity index is 407. The van der Waals surface area contributed by atoms with Crippen LogP contribution < -0.4 is 0 Å². The van der Waals surface area contributed by atoms with E-state index >= 15 is 0 Å². The molecule has 0 saturated carbocycles. The van der Waals surface area contributed by atoms with E-state index in [0.717, 1.165) is 0 Å². The van der Waals surface area contributed by atoms with E-state index in [-0.39, 0.29) is 11.5 Å². The summed E-state index contributed by atoms with van der Waals surface area (Å²) in [6.07, 6.45) is 0. The highest BCUT2D eigenvalue weighted by Crippen LogP contribution is 2.24. The third kappa shape index (κ3) is 1.98. The zero-order valence-corrected chi connectivity index (χ0v) is 8.99. The van der Waals surface area contributed by atoms with Crippen molar-refractivity contribution in [2.24, 2.45) is 0 Å². The normalized spacial score (nSPS) is 9.31. The number of aromatic hydroxyl groups is 1. The minimum atomic E-state index is -0.164. The van der Waals surface area contributed by atoms with Crippen molar-refractivity contribution in [2.45, 2.75) is 6.92 Å². The molecule has 0 saturated heterocycles. The van der Waals surface area contributed by atoms with E-state index in [1.165, 1.54) is 19.1 Å². The summed E-state index contributed by atoms with van der Waals surface area (Å²) in [7, 11) is 0. The van der Waals surface area contributed by atoms with Gasteiger partial charge in [0.15, 0.2) is 5.78 Å². The van der Waals surface area contributed by atoms with Gasteiger partial charge in [0.25, 0.3) is 0 Å². The Morgan fingerprint density at radius 2 is 2.23 bits per heavy atom. The van der Waals surface area contributed by atoms with Crippen LogP contribution in [0.3, 0.4) is 0 Å². The van der Waals surface area contributed by atoms with Crippen LogP contribution in [0.5, 0.6) is 5.75 Å². The van der Waals surface area contributed by atoms with Gasteiger partial charge in [0.05, 0.1) is 9.13 Å². The number of carbonyl (C=O) groups excluding carboxylic acids is 1. The molecule has 66 valence electrons. The number of rotatable bonds is 1. The third-order valence-electron chi connectivity index (χ3n) is 1.58. The second-order valence-electron chi connectivity index (χ2n) is 2.52. The molecule has 1 aromatic rings. The SMILES string of the molecule is CC(=O)c1cc(O)c(I)c(C#N)c1. The molecule has 0 bridgehead atoms. The van der Waals surface area contributed by atoms with Crippen molar-refractivity contribution in [1.82, 2.24) is 0 Å². The fourth-order valence-corrected chi connectivity index (χ4v) is 1.33. The molecule has 3 nitrogen and oxygen atoms in total. The number of hydrogen-bond donors (Lipinski definition) is 1. The second-order valence-corrected chi connectivity index (χ2v) is 3.60. The number of halogens is 1. The fraction of sp³-hybridized carbons (Fsp3) is 0.111. The smallest absolute Gasteiger partial charge is 0.159 e. The van der Waals surface area contributed by atoms with Crippen molar-refractivity contribution in [3.8, 4) is 11.8 Å². The lowest BCUT2D eigenvalue weighted by molar-refractivity contribution is 0.101. The van der Waals surface area contributed by atoms with Crippen LogP contribution in [0.15, 0.2) is 12.1 Å². The minimum absolute atomic E-state index is 0.0233. The summed E-state index contributed by atoms with van der Waals surface area (Å²) in [6.45, 7) is 1.39. The number of phenolic OH excluding ortho intramolecular Hbond substituents is 1. The lowest BCUT2D eigenvalue weighted by Gasteiger charge is -2.01. The number of nitrogens with zero attached hydrogens (tertiary/aromatic N) is 1. The summed E-state index contributed by atoms with van der Waals surface area (Å²) in [6, 6.07) is 4.75. The van der Waals surface area contributed by atoms with Gasteiger partial charge in [-0.3, -0.25) is 4.79 Å². The molecular formula is C9H6INO2. The number of phenols is 1. The average molecular weight is 287 g/mol. The molecule has 0 aromatic heterocycles. The van der Waals surface area contributed by atoms with Crippen LogP contribution in [0.25, 0.3) is 0 Å². The van der Waals surface area contributed by atoms with Crippen LogP contribution in [0.4, 0.5) is 0 Å². The van der Waals surface area contributed by atoms with Crippen molar-refractivity contribution >= 4 is 28.4 Å². The van der Waals surface area contributed by atoms with Crippen molar-refractivity contribution in [1.29, 1.82) is 5.26 Å². The number of hydrogen-bond acceptors (Lipinski definition) is 3. The highest BCUT2D eigenvalue weighted by Gasteiger charge is 2.09. The first-order chi connectivity index (χ1) is 6.06. The van der Waals surface area contributed by atoms with Crippen LogP contribution in [0.1, 0.15) is 22.8 Å². The zero-order chi connectivity index (χ0) is 10.0. The van der Waals surface area contributed by atoms with Crippen LogP contribution in [-0.4, -0.2) is 10.9 Å². The molecule has 1 rings (SSSR count). The molecule has 0 amide bonds. The predicted molar refractivity (Wildman–Crippen MR) is 55.5 cm³/mol. The Morgan fingerprint density at radius 1 is 1.62 bits per heavy atom. The topological polar surface area (TPSA) is 61.1 Å². The number of Topliss-reactive ketones (excluding diaryl/α,β-unsaturated/α-hetero) is 1. The molecule has 1 aromatic carbocycles. The van der Waals surface area contributed by atoms with Gasteiger partial charge in [-0.05, 0) is 41.6 Å². The molecule has 1 N–H and O–H groups in total. The number of nitriles is 1. The second kappa shape index (κ2) is 3.75. The molecule has 4 heteroatoms. The number of ketones is 1. The molecule has 0 spiro atoms. The largest absolute Gasteiger partial charge is 0.507 e. The van der Waals surface area contributed by atoms with Gasteiger partial charge in [-0.25, -0.2) is 0 Å². The summed E-state index contributed by atoms with van der Waals surface area (Å²) in [5, 5.41) is 18.0. The molecule has 0 fully saturated rings. The highest BCUT2D eigenvalue weighted by molar-refractivity contribution is 14.1. The Balaban J connectivity index is 3.41. The molecule has 0 aliphatic rings. The lowest BCUT2D eigenvalue weighted by atomic mass is 10.1. The van der Waals surface area contributed by atoms with Crippen LogP contribution in [0.2, 0.25) is 0 Å². The number of benzene rings is 1. The van der Waals surface area contributed by atoms with Gasteiger partial charge < -0.3 is 5.11 Å². The van der Waals surface area contributed by atoms with E-state index in [1.54, 1.807) is 0 Å². The van der Waals surface area contributed by atoms with E-state index < -0.39 is 0 Å². The maximum atomic E-state index is 11.0. The standard InChI is InChI=1S/C9H6INO2/c1-5(12)6-2-7(4-11)9(10)8(13)3-6/h2-3,13H,1H3. The first-order valence-electron chi connectivity index (χ1n) is 3.50. The van der Waals surface area contributed by atoms with Gasteiger partial charge in [0.1, 0.15) is 11.8 Å². The van der Waals surface area contributed by atoms with Gasteiger partial charge in [-0.15, -0.1) is 0 Å². The quantitative estimate of drug-likeness (QED) is 0.635. The first kappa shape index (κ1) is 9.99. The molecule has 0 heterocycles. The fourth-order valence-electron chi connectivity index (χ4n) is 0.894. The van der Waals surface area contributed by atoms with Crippen molar-refractivity contribution in [3.05, 3.63) is 26.8 Å². The molecule has 0 aliphatic carbocycles. The van der Waals surface area contributed by atoms with E-state index in [9.17, 15) is 9.90 Å². The van der Waals surface area contributed by atoms with Gasteiger partial charge in [-0.1, -0.05) is 0 Å². The Hall–Kier alpha value is -1.09. The minimum Gasteiger partial charge on any atom is -0.507 e. The predicted octanol–water partition coefficient (Wildman–Crippen LogP) is 2.07. The van der Waals surface area contributed by atoms with Crippen molar-refractivity contribution in [3.63, 3.8) is 0 Å². The zero-order valence-electron chi connectivity index (χ0n) is 6.84. The summed E-state index contributed by atoms with van der Waals surface area (Å²) in [5.74, 6) is -0.187. The molecule has 0 unspecified atom stereocenters. The van der Waals surface area contributed by atoms with E-state index in [1.807, 2.05) is 28.7 Å². The number of carbonyl (C=O) groups is 1. The highest BCUT2D eigenvalue weighted by atomic mass is 127. The van der Waals surface area contributed by atoms with Gasteiger partial charge >= 0.3 is 0 Å². The molecule has 0 radical (unpaired) electrons. The molecule has 0 aliphatic heterocycles. The first-order valence-corrected chi connectivity index (χ1v) is 4.57. The van der Waals surface area contributed by atoms with E-state index in [2.05, 4.69) is 0 Å². The van der Waals surface area contributed by atoms with E-state index in [4.69, 9.17) is 5.26 Å². The molecule has 0 atom stereocenters. The summed E-state index contributed by atoms with van der Waals surface area (Å²) < 4.78 is 0.477. The van der Waals surface area contributed by atoms with Crippen LogP contribution >= 0.6 is 22.6 Å². The van der Waals surface area contributed by atoms with E-state index in [0.29, 0.717) is 14.7 Å². The average Bonchev–Trinajstić information content (AvgIpc) is 2.09.